The van der Waals surface area contributed by atoms with Gasteiger partial charge in [0.05, 0.1) is 17.8 Å². The topological polar surface area (TPSA) is 82.9 Å². The molecule has 0 saturated carbocycles. The Morgan fingerprint density at radius 2 is 1.87 bits per heavy atom. The number of thioether (sulfide) groups is 1. The van der Waals surface area contributed by atoms with Crippen LogP contribution in [0, 0.1) is 0 Å². The van der Waals surface area contributed by atoms with Crippen LogP contribution in [0.1, 0.15) is 28.6 Å². The van der Waals surface area contributed by atoms with Gasteiger partial charge in [0, 0.05) is 50.6 Å². The maximum absolute atomic E-state index is 12.3. The minimum atomic E-state index is -3.10. The number of hydrogen-bond donors (Lipinski definition) is 1. The Morgan fingerprint density at radius 3 is 2.50 bits per heavy atom. The molecular formula is C21H29N3O4S2. The smallest absolute Gasteiger partial charge is 0.251 e. The number of hydrogen-bond acceptors (Lipinski definition) is 6. The second-order valence-electron chi connectivity index (χ2n) is 7.16. The highest BCUT2D eigenvalue weighted by atomic mass is 32.2. The molecule has 1 aliphatic heterocycles. The second-order valence-corrected chi connectivity index (χ2v) is 10.5. The number of sulfonamides is 1. The van der Waals surface area contributed by atoms with Gasteiger partial charge in [-0.25, -0.2) is 8.42 Å². The third-order valence-corrected chi connectivity index (χ3v) is 7.93. The highest BCUT2D eigenvalue weighted by molar-refractivity contribution is 7.98. The van der Waals surface area contributed by atoms with E-state index in [0.29, 0.717) is 25.2 Å². The predicted octanol–water partition coefficient (Wildman–Crippen LogP) is 2.41. The lowest BCUT2D eigenvalue weighted by atomic mass is 10.1. The van der Waals surface area contributed by atoms with Gasteiger partial charge in [-0.05, 0) is 36.8 Å². The molecule has 164 valence electrons. The number of carbonyl (C=O) groups is 1. The first-order valence-electron chi connectivity index (χ1n) is 10.2. The largest absolute Gasteiger partial charge is 0.468 e. The van der Waals surface area contributed by atoms with Gasteiger partial charge < -0.3 is 9.73 Å². The van der Waals surface area contributed by atoms with Gasteiger partial charge in [0.25, 0.3) is 5.91 Å². The first kappa shape index (κ1) is 22.9. The summed E-state index contributed by atoms with van der Waals surface area (Å²) in [5, 5.41) is 2.94. The summed E-state index contributed by atoms with van der Waals surface area (Å²) in [5.74, 6) is 2.65. The van der Waals surface area contributed by atoms with Crippen LogP contribution >= 0.6 is 11.8 Å². The lowest BCUT2D eigenvalue weighted by Gasteiger charge is -2.33. The minimum absolute atomic E-state index is 0.0708. The molecule has 1 fully saturated rings. The summed E-state index contributed by atoms with van der Waals surface area (Å²) in [6.07, 6.45) is 1.66. The van der Waals surface area contributed by atoms with Crippen molar-refractivity contribution in [3.8, 4) is 0 Å². The number of piperazine rings is 1. The first-order valence-corrected chi connectivity index (χ1v) is 12.9. The van der Waals surface area contributed by atoms with Crippen LogP contribution in [0.4, 0.5) is 0 Å². The van der Waals surface area contributed by atoms with Crippen LogP contribution in [-0.4, -0.2) is 67.8 Å². The number of nitrogens with one attached hydrogen (secondary N) is 1. The van der Waals surface area contributed by atoms with Gasteiger partial charge in [-0.3, -0.25) is 9.69 Å². The number of amides is 1. The summed E-state index contributed by atoms with van der Waals surface area (Å²) in [6.45, 7) is 5.55. The van der Waals surface area contributed by atoms with Crippen molar-refractivity contribution in [3.63, 3.8) is 0 Å². The molecule has 2 heterocycles. The molecule has 1 N–H and O–H groups in total. The molecule has 0 spiro atoms. The van der Waals surface area contributed by atoms with Crippen LogP contribution in [0.25, 0.3) is 0 Å². The standard InChI is InChI=1S/C21H29N3O4S2/c1-2-30(26,27)24-12-10-23(11-13-24)16-18-5-7-19(8-6-18)21(25)22-9-15-29-17-20-4-3-14-28-20/h3-8,14H,2,9-13,15-17H2,1H3,(H,22,25). The summed E-state index contributed by atoms with van der Waals surface area (Å²) in [5.41, 5.74) is 1.76. The summed E-state index contributed by atoms with van der Waals surface area (Å²) >= 11 is 1.72. The van der Waals surface area contributed by atoms with Gasteiger partial charge in [-0.2, -0.15) is 16.1 Å². The summed E-state index contributed by atoms with van der Waals surface area (Å²) in [4.78, 5) is 14.5. The van der Waals surface area contributed by atoms with Crippen LogP contribution in [0.2, 0.25) is 0 Å². The zero-order valence-corrected chi connectivity index (χ0v) is 18.9. The zero-order chi connectivity index (χ0) is 21.4. The highest BCUT2D eigenvalue weighted by Crippen LogP contribution is 2.13. The molecule has 3 rings (SSSR count). The van der Waals surface area contributed by atoms with Crippen molar-refractivity contribution in [3.05, 3.63) is 59.5 Å². The molecular weight excluding hydrogens is 422 g/mol. The Morgan fingerprint density at radius 1 is 1.13 bits per heavy atom. The fourth-order valence-electron chi connectivity index (χ4n) is 3.27. The van der Waals surface area contributed by atoms with Crippen LogP contribution in [0.3, 0.4) is 0 Å². The molecule has 0 bridgehead atoms. The van der Waals surface area contributed by atoms with Gasteiger partial charge in [-0.1, -0.05) is 12.1 Å². The third kappa shape index (κ3) is 6.60. The quantitative estimate of drug-likeness (QED) is 0.559. The van der Waals surface area contributed by atoms with Crippen LogP contribution in [0.5, 0.6) is 0 Å². The summed E-state index contributed by atoms with van der Waals surface area (Å²) in [6, 6.07) is 11.4. The van der Waals surface area contributed by atoms with E-state index in [-0.39, 0.29) is 11.7 Å². The van der Waals surface area contributed by atoms with Crippen molar-refractivity contribution in [2.75, 3.05) is 44.2 Å². The number of carbonyl (C=O) groups excluding carboxylic acids is 1. The summed E-state index contributed by atoms with van der Waals surface area (Å²) in [7, 11) is -3.10. The lowest BCUT2D eigenvalue weighted by Crippen LogP contribution is -2.48. The fraction of sp³-hybridized carbons (Fsp3) is 0.476. The van der Waals surface area contributed by atoms with Crippen LogP contribution in [0.15, 0.2) is 47.1 Å². The summed E-state index contributed by atoms with van der Waals surface area (Å²) < 4.78 is 30.8. The molecule has 0 atom stereocenters. The predicted molar refractivity (Wildman–Crippen MR) is 120 cm³/mol. The van der Waals surface area contributed by atoms with Crippen molar-refractivity contribution in [1.29, 1.82) is 0 Å². The van der Waals surface area contributed by atoms with E-state index in [4.69, 9.17) is 4.42 Å². The monoisotopic (exact) mass is 451 g/mol. The van der Waals surface area contributed by atoms with E-state index < -0.39 is 10.0 Å². The van der Waals surface area contributed by atoms with Gasteiger partial charge in [-0.15, -0.1) is 0 Å². The molecule has 1 aliphatic rings. The van der Waals surface area contributed by atoms with Crippen LogP contribution in [-0.2, 0) is 22.3 Å². The van der Waals surface area contributed by atoms with Crippen molar-refractivity contribution < 1.29 is 17.6 Å². The average Bonchev–Trinajstić information content (AvgIpc) is 3.28. The van der Waals surface area contributed by atoms with Crippen molar-refractivity contribution in [2.24, 2.45) is 0 Å². The average molecular weight is 452 g/mol. The third-order valence-electron chi connectivity index (χ3n) is 5.07. The van der Waals surface area contributed by atoms with Gasteiger partial charge in [0.15, 0.2) is 0 Å². The molecule has 0 unspecified atom stereocenters. The number of nitrogens with zero attached hydrogens (tertiary/aromatic N) is 2. The van der Waals surface area contributed by atoms with Gasteiger partial charge in [0.2, 0.25) is 10.0 Å². The fourth-order valence-corrected chi connectivity index (χ4v) is 5.12. The molecule has 7 nitrogen and oxygen atoms in total. The van der Waals surface area contributed by atoms with Gasteiger partial charge >= 0.3 is 0 Å². The van der Waals surface area contributed by atoms with E-state index in [0.717, 1.165) is 42.5 Å². The van der Waals surface area contributed by atoms with E-state index in [1.165, 1.54) is 0 Å². The molecule has 1 saturated heterocycles. The maximum atomic E-state index is 12.3. The zero-order valence-electron chi connectivity index (χ0n) is 17.2. The second kappa shape index (κ2) is 11.0. The van der Waals surface area contributed by atoms with Crippen molar-refractivity contribution >= 4 is 27.7 Å². The van der Waals surface area contributed by atoms with Gasteiger partial charge in [0.1, 0.15) is 5.76 Å². The van der Waals surface area contributed by atoms with Crippen molar-refractivity contribution in [1.82, 2.24) is 14.5 Å². The Labute approximate surface area is 182 Å². The van der Waals surface area contributed by atoms with E-state index in [1.807, 2.05) is 36.4 Å². The number of furan rings is 1. The molecule has 1 aromatic heterocycles. The van der Waals surface area contributed by atoms with Crippen molar-refractivity contribution in [2.45, 2.75) is 19.2 Å². The highest BCUT2D eigenvalue weighted by Gasteiger charge is 2.25. The molecule has 2 aromatic rings. The SMILES string of the molecule is CCS(=O)(=O)N1CCN(Cc2ccc(C(=O)NCCSCc3ccco3)cc2)CC1. The Bertz CT molecular complexity index is 891. The molecule has 9 heteroatoms. The Kier molecular flexibility index (Phi) is 8.38. The lowest BCUT2D eigenvalue weighted by molar-refractivity contribution is 0.0956. The number of rotatable bonds is 10. The van der Waals surface area contributed by atoms with E-state index in [1.54, 1.807) is 29.3 Å². The Hall–Kier alpha value is -1.81. The van der Waals surface area contributed by atoms with E-state index >= 15 is 0 Å². The molecule has 30 heavy (non-hydrogen) atoms. The maximum Gasteiger partial charge on any atom is 0.251 e. The Balaban J connectivity index is 1.37. The van der Waals surface area contributed by atoms with E-state index in [2.05, 4.69) is 10.2 Å². The molecule has 1 aromatic carbocycles. The molecule has 0 aliphatic carbocycles. The van der Waals surface area contributed by atoms with Crippen LogP contribution < -0.4 is 5.32 Å². The van der Waals surface area contributed by atoms with E-state index in [9.17, 15) is 13.2 Å². The molecule has 0 radical (unpaired) electrons. The minimum Gasteiger partial charge on any atom is -0.468 e. The number of benzene rings is 1. The molecule has 1 amide bonds. The first-order chi connectivity index (χ1) is 14.5. The normalized spacial score (nSPS) is 15.9.